The minimum atomic E-state index is 0.134. The molecule has 29 heavy (non-hydrogen) atoms. The Balaban J connectivity index is 1.52. The molecule has 0 radical (unpaired) electrons. The van der Waals surface area contributed by atoms with Crippen molar-refractivity contribution in [3.05, 3.63) is 108 Å². The van der Waals surface area contributed by atoms with E-state index >= 15 is 0 Å². The molecule has 0 aromatic heterocycles. The van der Waals surface area contributed by atoms with Crippen molar-refractivity contribution in [1.29, 1.82) is 0 Å². The summed E-state index contributed by atoms with van der Waals surface area (Å²) in [7, 11) is 0. The summed E-state index contributed by atoms with van der Waals surface area (Å²) in [5, 5.41) is 0. The maximum Gasteiger partial charge on any atom is 0.0717 e. The van der Waals surface area contributed by atoms with Gasteiger partial charge in [-0.05, 0) is 29.0 Å². The van der Waals surface area contributed by atoms with E-state index in [0.29, 0.717) is 12.5 Å². The van der Waals surface area contributed by atoms with Crippen LogP contribution in [-0.4, -0.2) is 17.0 Å². The zero-order valence-electron chi connectivity index (χ0n) is 17.3. The third kappa shape index (κ3) is 4.95. The molecule has 1 fully saturated rings. The van der Waals surface area contributed by atoms with Gasteiger partial charge in [-0.1, -0.05) is 104 Å². The lowest BCUT2D eigenvalue weighted by Crippen LogP contribution is -2.42. The van der Waals surface area contributed by atoms with Crippen molar-refractivity contribution < 1.29 is 4.74 Å². The monoisotopic (exact) mass is 385 g/mol. The summed E-state index contributed by atoms with van der Waals surface area (Å²) in [5.74, 6) is 0.700. The van der Waals surface area contributed by atoms with Crippen LogP contribution in [0.2, 0.25) is 0 Å². The highest BCUT2D eigenvalue weighted by molar-refractivity contribution is 5.21. The fraction of sp³-hybridized carbons (Fsp3) is 0.333. The van der Waals surface area contributed by atoms with Crippen LogP contribution in [0.25, 0.3) is 0 Å². The molecule has 3 aromatic carbocycles. The van der Waals surface area contributed by atoms with Crippen molar-refractivity contribution in [3.8, 4) is 0 Å². The molecule has 2 atom stereocenters. The summed E-state index contributed by atoms with van der Waals surface area (Å²) < 4.78 is 6.29. The number of benzene rings is 3. The van der Waals surface area contributed by atoms with Gasteiger partial charge in [0.15, 0.2) is 0 Å². The summed E-state index contributed by atoms with van der Waals surface area (Å²) >= 11 is 0. The van der Waals surface area contributed by atoms with Gasteiger partial charge >= 0.3 is 0 Å². The molecule has 1 saturated carbocycles. The summed E-state index contributed by atoms with van der Waals surface area (Å²) in [5.41, 5.74) is 4.11. The maximum absolute atomic E-state index is 6.29. The molecule has 1 aliphatic rings. The molecule has 0 unspecified atom stereocenters. The van der Waals surface area contributed by atoms with Crippen molar-refractivity contribution in [3.63, 3.8) is 0 Å². The highest BCUT2D eigenvalue weighted by atomic mass is 16.5. The Bertz CT molecular complexity index is 823. The van der Waals surface area contributed by atoms with E-state index in [-0.39, 0.29) is 5.54 Å². The van der Waals surface area contributed by atoms with E-state index in [1.165, 1.54) is 29.5 Å². The second kappa shape index (κ2) is 9.39. The van der Waals surface area contributed by atoms with Gasteiger partial charge in [-0.15, -0.1) is 0 Å². The van der Waals surface area contributed by atoms with E-state index in [4.69, 9.17) is 4.74 Å². The van der Waals surface area contributed by atoms with Crippen LogP contribution in [0.4, 0.5) is 0 Å². The van der Waals surface area contributed by atoms with Crippen LogP contribution in [0.1, 0.15) is 36.5 Å². The minimum absolute atomic E-state index is 0.134. The van der Waals surface area contributed by atoms with Gasteiger partial charge in [0, 0.05) is 18.6 Å². The predicted molar refractivity (Wildman–Crippen MR) is 119 cm³/mol. The topological polar surface area (TPSA) is 12.5 Å². The van der Waals surface area contributed by atoms with Crippen molar-refractivity contribution in [2.75, 3.05) is 6.61 Å². The standard InChI is InChI=1S/C27H31NO/c1-2-26-18-27(26,22-29-21-25-16-10-5-11-17-25)28(19-23-12-6-3-7-13-23)20-24-14-8-4-9-15-24/h3-17,26H,2,18-22H2,1H3/t26-,27-/m0/s1. The zero-order chi connectivity index (χ0) is 19.9. The number of nitrogens with zero attached hydrogens (tertiary/aromatic N) is 1. The third-order valence-electron chi connectivity index (χ3n) is 6.22. The van der Waals surface area contributed by atoms with E-state index in [0.717, 1.165) is 19.7 Å². The van der Waals surface area contributed by atoms with Crippen molar-refractivity contribution in [2.45, 2.75) is 45.0 Å². The van der Waals surface area contributed by atoms with Crippen LogP contribution in [0.15, 0.2) is 91.0 Å². The number of ether oxygens (including phenoxy) is 1. The lowest BCUT2D eigenvalue weighted by molar-refractivity contribution is 0.0213. The fourth-order valence-corrected chi connectivity index (χ4v) is 4.45. The molecule has 0 aliphatic heterocycles. The molecule has 0 N–H and O–H groups in total. The molecule has 4 rings (SSSR count). The minimum Gasteiger partial charge on any atom is -0.375 e. The smallest absolute Gasteiger partial charge is 0.0717 e. The van der Waals surface area contributed by atoms with Crippen molar-refractivity contribution >= 4 is 0 Å². The highest BCUT2D eigenvalue weighted by Gasteiger charge is 2.56. The molecule has 150 valence electrons. The zero-order valence-corrected chi connectivity index (χ0v) is 17.3. The molecular formula is C27H31NO. The predicted octanol–water partition coefficient (Wildman–Crippen LogP) is 6.07. The summed E-state index contributed by atoms with van der Waals surface area (Å²) in [6.07, 6.45) is 2.42. The quantitative estimate of drug-likeness (QED) is 0.420. The Labute approximate surface area is 175 Å². The van der Waals surface area contributed by atoms with Crippen LogP contribution < -0.4 is 0 Å². The summed E-state index contributed by atoms with van der Waals surface area (Å²) in [6, 6.07) is 32.2. The van der Waals surface area contributed by atoms with Crippen LogP contribution in [0.5, 0.6) is 0 Å². The Kier molecular flexibility index (Phi) is 6.43. The number of hydrogen-bond acceptors (Lipinski definition) is 2. The van der Waals surface area contributed by atoms with Crippen LogP contribution in [0, 0.1) is 5.92 Å². The highest BCUT2D eigenvalue weighted by Crippen LogP contribution is 2.52. The normalized spacial score (nSPS) is 20.7. The first-order valence-electron chi connectivity index (χ1n) is 10.7. The van der Waals surface area contributed by atoms with Gasteiger partial charge in [-0.2, -0.15) is 0 Å². The molecule has 0 spiro atoms. The van der Waals surface area contributed by atoms with Crippen LogP contribution in [0.3, 0.4) is 0 Å². The lowest BCUT2D eigenvalue weighted by Gasteiger charge is -2.33. The van der Waals surface area contributed by atoms with Crippen molar-refractivity contribution in [2.24, 2.45) is 5.92 Å². The van der Waals surface area contributed by atoms with Gasteiger partial charge in [0.1, 0.15) is 0 Å². The molecule has 1 aliphatic carbocycles. The molecule has 0 amide bonds. The van der Waals surface area contributed by atoms with E-state index in [2.05, 4.69) is 103 Å². The second-order valence-electron chi connectivity index (χ2n) is 8.22. The largest absolute Gasteiger partial charge is 0.375 e. The molecule has 2 nitrogen and oxygen atoms in total. The molecule has 2 heteroatoms. The van der Waals surface area contributed by atoms with Crippen LogP contribution >= 0.6 is 0 Å². The van der Waals surface area contributed by atoms with Gasteiger partial charge < -0.3 is 4.74 Å². The van der Waals surface area contributed by atoms with E-state index < -0.39 is 0 Å². The van der Waals surface area contributed by atoms with Gasteiger partial charge in [0.05, 0.1) is 13.2 Å². The van der Waals surface area contributed by atoms with Crippen LogP contribution in [-0.2, 0) is 24.4 Å². The SMILES string of the molecule is CC[C@H]1C[C@@]1(COCc1ccccc1)N(Cc1ccccc1)Cc1ccccc1. The number of rotatable bonds is 10. The van der Waals surface area contributed by atoms with Gasteiger partial charge in [-0.25, -0.2) is 0 Å². The van der Waals surface area contributed by atoms with Crippen molar-refractivity contribution in [1.82, 2.24) is 4.90 Å². The molecule has 0 bridgehead atoms. The summed E-state index contributed by atoms with van der Waals surface area (Å²) in [4.78, 5) is 2.66. The molecule has 0 heterocycles. The van der Waals surface area contributed by atoms with Gasteiger partial charge in [-0.3, -0.25) is 4.90 Å². The average Bonchev–Trinajstić information content (AvgIpc) is 3.50. The first kappa shape index (κ1) is 19.9. The van der Waals surface area contributed by atoms with E-state index in [9.17, 15) is 0 Å². The Morgan fingerprint density at radius 2 is 1.24 bits per heavy atom. The number of hydrogen-bond donors (Lipinski definition) is 0. The van der Waals surface area contributed by atoms with Gasteiger partial charge in [0.25, 0.3) is 0 Å². The first-order valence-corrected chi connectivity index (χ1v) is 10.7. The molecule has 0 saturated heterocycles. The third-order valence-corrected chi connectivity index (χ3v) is 6.22. The summed E-state index contributed by atoms with van der Waals surface area (Å²) in [6.45, 7) is 5.71. The second-order valence-corrected chi connectivity index (χ2v) is 8.22. The Hall–Kier alpha value is -2.42. The maximum atomic E-state index is 6.29. The lowest BCUT2D eigenvalue weighted by atomic mass is 10.1. The Morgan fingerprint density at radius 1 is 0.759 bits per heavy atom. The molecular weight excluding hydrogens is 354 g/mol. The first-order chi connectivity index (χ1) is 14.3. The van der Waals surface area contributed by atoms with E-state index in [1.54, 1.807) is 0 Å². The fourth-order valence-electron chi connectivity index (χ4n) is 4.45. The van der Waals surface area contributed by atoms with E-state index in [1.807, 2.05) is 0 Å². The molecule has 3 aromatic rings. The Morgan fingerprint density at radius 3 is 1.69 bits per heavy atom. The van der Waals surface area contributed by atoms with Gasteiger partial charge in [0.2, 0.25) is 0 Å². The average molecular weight is 386 g/mol.